The molecular formula is C15H23N3. The highest BCUT2D eigenvalue weighted by Gasteiger charge is 2.17. The summed E-state index contributed by atoms with van der Waals surface area (Å²) in [4.78, 5) is 5.63. The van der Waals surface area contributed by atoms with E-state index in [-0.39, 0.29) is 0 Å². The summed E-state index contributed by atoms with van der Waals surface area (Å²) in [6.07, 6.45) is 2.14. The second kappa shape index (κ2) is 5.55. The molecule has 18 heavy (non-hydrogen) atoms. The van der Waals surface area contributed by atoms with Crippen molar-refractivity contribution in [2.45, 2.75) is 25.9 Å². The monoisotopic (exact) mass is 245 g/mol. The van der Waals surface area contributed by atoms with Crippen LogP contribution in [0.4, 0.5) is 0 Å². The zero-order valence-electron chi connectivity index (χ0n) is 11.7. The van der Waals surface area contributed by atoms with Crippen LogP contribution >= 0.6 is 0 Å². The standard InChI is InChI=1S/C15H23N3/c1-11(2)16-10-15(18(3)4)13-9-17-14-8-6-5-7-12(13)14/h5-9,11,15-17H,10H2,1-4H3. The maximum absolute atomic E-state index is 3.52. The lowest BCUT2D eigenvalue weighted by molar-refractivity contribution is 0.285. The van der Waals surface area contributed by atoms with E-state index in [1.165, 1.54) is 16.5 Å². The Morgan fingerprint density at radius 1 is 1.22 bits per heavy atom. The largest absolute Gasteiger partial charge is 0.361 e. The van der Waals surface area contributed by atoms with Crippen molar-refractivity contribution in [2.24, 2.45) is 0 Å². The van der Waals surface area contributed by atoms with Crippen LogP contribution in [0.25, 0.3) is 10.9 Å². The fourth-order valence-electron chi connectivity index (χ4n) is 2.29. The van der Waals surface area contributed by atoms with Gasteiger partial charge in [-0.2, -0.15) is 0 Å². The van der Waals surface area contributed by atoms with Gasteiger partial charge in [-0.25, -0.2) is 0 Å². The number of likely N-dealkylation sites (N-methyl/N-ethyl adjacent to an activating group) is 1. The molecule has 0 amide bonds. The summed E-state index contributed by atoms with van der Waals surface area (Å²) in [6.45, 7) is 5.33. The summed E-state index contributed by atoms with van der Waals surface area (Å²) in [5.41, 5.74) is 2.58. The van der Waals surface area contributed by atoms with Crippen molar-refractivity contribution in [1.29, 1.82) is 0 Å². The second-order valence-corrected chi connectivity index (χ2v) is 5.33. The average molecular weight is 245 g/mol. The average Bonchev–Trinajstić information content (AvgIpc) is 2.73. The van der Waals surface area contributed by atoms with Gasteiger partial charge in [0.25, 0.3) is 0 Å². The van der Waals surface area contributed by atoms with Crippen LogP contribution < -0.4 is 5.32 Å². The maximum Gasteiger partial charge on any atom is 0.0488 e. The Hall–Kier alpha value is -1.32. The van der Waals surface area contributed by atoms with Gasteiger partial charge in [0, 0.05) is 35.7 Å². The quantitative estimate of drug-likeness (QED) is 0.848. The number of hydrogen-bond acceptors (Lipinski definition) is 2. The summed E-state index contributed by atoms with van der Waals surface area (Å²) >= 11 is 0. The molecule has 1 atom stereocenters. The first-order valence-corrected chi connectivity index (χ1v) is 6.55. The van der Waals surface area contributed by atoms with Gasteiger partial charge in [0.1, 0.15) is 0 Å². The molecule has 2 N–H and O–H groups in total. The Kier molecular flexibility index (Phi) is 4.04. The Balaban J connectivity index is 2.30. The highest BCUT2D eigenvalue weighted by molar-refractivity contribution is 5.83. The van der Waals surface area contributed by atoms with Gasteiger partial charge in [0.15, 0.2) is 0 Å². The normalized spacial score (nSPS) is 13.7. The van der Waals surface area contributed by atoms with E-state index in [0.717, 1.165) is 6.54 Å². The van der Waals surface area contributed by atoms with Gasteiger partial charge in [-0.05, 0) is 25.7 Å². The second-order valence-electron chi connectivity index (χ2n) is 5.33. The third kappa shape index (κ3) is 2.74. The smallest absolute Gasteiger partial charge is 0.0488 e. The van der Waals surface area contributed by atoms with E-state index >= 15 is 0 Å². The van der Waals surface area contributed by atoms with E-state index in [1.807, 2.05) is 0 Å². The van der Waals surface area contributed by atoms with E-state index < -0.39 is 0 Å². The van der Waals surface area contributed by atoms with Crippen molar-refractivity contribution >= 4 is 10.9 Å². The van der Waals surface area contributed by atoms with Gasteiger partial charge < -0.3 is 15.2 Å². The van der Waals surface area contributed by atoms with Crippen LogP contribution in [0.2, 0.25) is 0 Å². The van der Waals surface area contributed by atoms with Crippen LogP contribution in [0.3, 0.4) is 0 Å². The molecule has 0 saturated heterocycles. The third-order valence-electron chi connectivity index (χ3n) is 3.32. The lowest BCUT2D eigenvalue weighted by Crippen LogP contribution is -2.34. The number of aromatic amines is 1. The van der Waals surface area contributed by atoms with Crippen molar-refractivity contribution in [3.8, 4) is 0 Å². The fraction of sp³-hybridized carbons (Fsp3) is 0.467. The van der Waals surface area contributed by atoms with Crippen LogP contribution in [-0.4, -0.2) is 36.6 Å². The van der Waals surface area contributed by atoms with Crippen LogP contribution in [-0.2, 0) is 0 Å². The number of nitrogens with zero attached hydrogens (tertiary/aromatic N) is 1. The van der Waals surface area contributed by atoms with Gasteiger partial charge in [0.2, 0.25) is 0 Å². The molecule has 0 fully saturated rings. The molecule has 1 heterocycles. The Bertz CT molecular complexity index is 499. The van der Waals surface area contributed by atoms with Gasteiger partial charge in [-0.3, -0.25) is 0 Å². The number of para-hydroxylation sites is 1. The Labute approximate surface area is 109 Å². The van der Waals surface area contributed by atoms with Crippen molar-refractivity contribution in [3.05, 3.63) is 36.0 Å². The van der Waals surface area contributed by atoms with Crippen LogP contribution in [0, 0.1) is 0 Å². The number of hydrogen-bond donors (Lipinski definition) is 2. The minimum atomic E-state index is 0.392. The molecule has 0 aliphatic rings. The maximum atomic E-state index is 3.52. The number of aromatic nitrogens is 1. The van der Waals surface area contributed by atoms with Crippen molar-refractivity contribution < 1.29 is 0 Å². The molecule has 1 aromatic heterocycles. The lowest BCUT2D eigenvalue weighted by Gasteiger charge is -2.25. The van der Waals surface area contributed by atoms with Crippen molar-refractivity contribution in [2.75, 3.05) is 20.6 Å². The number of nitrogens with one attached hydrogen (secondary N) is 2. The van der Waals surface area contributed by atoms with Crippen molar-refractivity contribution in [1.82, 2.24) is 15.2 Å². The van der Waals surface area contributed by atoms with E-state index in [2.05, 4.69) is 73.6 Å². The van der Waals surface area contributed by atoms with Crippen LogP contribution in [0.15, 0.2) is 30.5 Å². The highest BCUT2D eigenvalue weighted by atomic mass is 15.1. The number of rotatable bonds is 5. The van der Waals surface area contributed by atoms with E-state index in [9.17, 15) is 0 Å². The highest BCUT2D eigenvalue weighted by Crippen LogP contribution is 2.26. The van der Waals surface area contributed by atoms with Crippen molar-refractivity contribution in [3.63, 3.8) is 0 Å². The summed E-state index contributed by atoms with van der Waals surface area (Å²) in [7, 11) is 4.27. The summed E-state index contributed by atoms with van der Waals surface area (Å²) in [6, 6.07) is 9.39. The molecular weight excluding hydrogens is 222 g/mol. The van der Waals surface area contributed by atoms with Gasteiger partial charge in [-0.15, -0.1) is 0 Å². The molecule has 2 aromatic rings. The SMILES string of the molecule is CC(C)NCC(c1c[nH]c2ccccc12)N(C)C. The zero-order chi connectivity index (χ0) is 13.1. The molecule has 2 rings (SSSR count). The minimum Gasteiger partial charge on any atom is -0.361 e. The number of benzene rings is 1. The molecule has 1 aromatic carbocycles. The molecule has 0 bridgehead atoms. The van der Waals surface area contributed by atoms with Gasteiger partial charge in [0.05, 0.1) is 0 Å². The fourth-order valence-corrected chi connectivity index (χ4v) is 2.29. The third-order valence-corrected chi connectivity index (χ3v) is 3.32. The van der Waals surface area contributed by atoms with Crippen LogP contribution in [0.1, 0.15) is 25.5 Å². The molecule has 0 aliphatic heterocycles. The number of fused-ring (bicyclic) bond motifs is 1. The summed E-state index contributed by atoms with van der Waals surface area (Å²) in [5.74, 6) is 0. The molecule has 0 spiro atoms. The van der Waals surface area contributed by atoms with Gasteiger partial charge in [-0.1, -0.05) is 32.0 Å². The summed E-state index contributed by atoms with van der Waals surface area (Å²) in [5, 5.41) is 4.85. The topological polar surface area (TPSA) is 31.1 Å². The predicted molar refractivity (Wildman–Crippen MR) is 77.9 cm³/mol. The first-order valence-electron chi connectivity index (χ1n) is 6.55. The molecule has 3 nitrogen and oxygen atoms in total. The Morgan fingerprint density at radius 2 is 1.94 bits per heavy atom. The Morgan fingerprint density at radius 3 is 2.61 bits per heavy atom. The first-order chi connectivity index (χ1) is 8.59. The first kappa shape index (κ1) is 13.1. The zero-order valence-corrected chi connectivity index (χ0v) is 11.7. The van der Waals surface area contributed by atoms with Gasteiger partial charge >= 0.3 is 0 Å². The van der Waals surface area contributed by atoms with E-state index in [1.54, 1.807) is 0 Å². The number of H-pyrrole nitrogens is 1. The van der Waals surface area contributed by atoms with E-state index in [4.69, 9.17) is 0 Å². The molecule has 1 unspecified atom stereocenters. The van der Waals surface area contributed by atoms with E-state index in [0.29, 0.717) is 12.1 Å². The molecule has 0 aliphatic carbocycles. The summed E-state index contributed by atoms with van der Waals surface area (Å²) < 4.78 is 0. The van der Waals surface area contributed by atoms with Crippen LogP contribution in [0.5, 0.6) is 0 Å². The minimum absolute atomic E-state index is 0.392. The predicted octanol–water partition coefficient (Wildman–Crippen LogP) is 2.77. The molecule has 0 saturated carbocycles. The lowest BCUT2D eigenvalue weighted by atomic mass is 10.0. The molecule has 0 radical (unpaired) electrons. The molecule has 98 valence electrons. The molecule has 3 heteroatoms.